The van der Waals surface area contributed by atoms with Gasteiger partial charge in [0.05, 0.1) is 5.75 Å². The van der Waals surface area contributed by atoms with Crippen molar-refractivity contribution in [3.63, 3.8) is 0 Å². The van der Waals surface area contributed by atoms with E-state index < -0.39 is 10.2 Å². The van der Waals surface area contributed by atoms with Crippen molar-refractivity contribution in [3.8, 4) is 0 Å². The van der Waals surface area contributed by atoms with Crippen LogP contribution in [0.5, 0.6) is 0 Å². The largest absolute Gasteiger partial charge is 0.316 e. The number of hydrogen-bond donors (Lipinski definition) is 1. The van der Waals surface area contributed by atoms with Gasteiger partial charge in [-0.05, 0) is 25.4 Å². The van der Waals surface area contributed by atoms with E-state index in [4.69, 9.17) is 0 Å². The van der Waals surface area contributed by atoms with E-state index in [9.17, 15) is 12.3 Å². The zero-order valence-electron chi connectivity index (χ0n) is 5.51. The van der Waals surface area contributed by atoms with Gasteiger partial charge in [-0.2, -0.15) is 8.42 Å². The minimum Gasteiger partial charge on any atom is -0.316 e. The molecular weight excluding hydrogens is 157 g/mol. The van der Waals surface area contributed by atoms with Crippen molar-refractivity contribution in [2.45, 2.75) is 6.42 Å². The third-order valence-corrected chi connectivity index (χ3v) is 2.36. The quantitative estimate of drug-likeness (QED) is 0.597. The average molecular weight is 167 g/mol. The molecule has 1 saturated heterocycles. The first-order valence-corrected chi connectivity index (χ1v) is 4.76. The highest BCUT2D eigenvalue weighted by Crippen LogP contribution is 2.09. The van der Waals surface area contributed by atoms with Crippen LogP contribution in [-0.4, -0.2) is 27.3 Å². The van der Waals surface area contributed by atoms with Gasteiger partial charge in [-0.3, -0.25) is 0 Å². The van der Waals surface area contributed by atoms with Crippen molar-refractivity contribution in [1.29, 1.82) is 0 Å². The molecule has 5 heteroatoms. The highest BCUT2D eigenvalue weighted by Gasteiger charge is 2.19. The Balaban J connectivity index is 2.16. The predicted molar refractivity (Wildman–Crippen MR) is 35.9 cm³/mol. The first-order valence-electron chi connectivity index (χ1n) is 3.21. The smallest absolute Gasteiger partial charge is 0.302 e. The second kappa shape index (κ2) is 2.84. The zero-order valence-corrected chi connectivity index (χ0v) is 6.32. The van der Waals surface area contributed by atoms with E-state index in [2.05, 4.69) is 5.32 Å². The van der Waals surface area contributed by atoms with Crippen LogP contribution in [0.2, 0.25) is 0 Å². The van der Waals surface area contributed by atoms with Crippen LogP contribution < -0.4 is 5.32 Å². The molecule has 0 aromatic carbocycles. The fraction of sp³-hybridized carbons (Fsp3) is 1.00. The molecule has 0 unspecified atom stereocenters. The van der Waals surface area contributed by atoms with E-state index >= 15 is 0 Å². The monoisotopic (exact) mass is 167 g/mol. The highest BCUT2D eigenvalue weighted by atomic mass is 32.3. The van der Waals surface area contributed by atoms with Gasteiger partial charge in [-0.15, -0.1) is 3.89 Å². The SMILES string of the molecule is O=S(=O)(F)CCC1CNC1. The summed E-state index contributed by atoms with van der Waals surface area (Å²) in [6.45, 7) is 1.66. The molecule has 0 radical (unpaired) electrons. The third-order valence-electron chi connectivity index (χ3n) is 1.64. The van der Waals surface area contributed by atoms with E-state index in [1.54, 1.807) is 0 Å². The molecule has 0 aromatic heterocycles. The second-order valence-corrected chi connectivity index (χ2v) is 4.04. The van der Waals surface area contributed by atoms with Crippen molar-refractivity contribution in [2.75, 3.05) is 18.8 Å². The van der Waals surface area contributed by atoms with E-state index in [-0.39, 0.29) is 5.75 Å². The first kappa shape index (κ1) is 7.94. The highest BCUT2D eigenvalue weighted by molar-refractivity contribution is 7.86. The van der Waals surface area contributed by atoms with Crippen LogP contribution >= 0.6 is 0 Å². The minimum atomic E-state index is -4.22. The maximum atomic E-state index is 11.9. The lowest BCUT2D eigenvalue weighted by Crippen LogP contribution is -2.42. The van der Waals surface area contributed by atoms with Crippen molar-refractivity contribution >= 4 is 10.2 Å². The third kappa shape index (κ3) is 2.62. The fourth-order valence-electron chi connectivity index (χ4n) is 0.860. The summed E-state index contributed by atoms with van der Waals surface area (Å²) in [7, 11) is -4.22. The second-order valence-electron chi connectivity index (χ2n) is 2.56. The Morgan fingerprint density at radius 1 is 1.50 bits per heavy atom. The molecule has 0 aromatic rings. The Hall–Kier alpha value is -0.160. The molecule has 0 amide bonds. The summed E-state index contributed by atoms with van der Waals surface area (Å²) in [6, 6.07) is 0. The molecule has 1 heterocycles. The Morgan fingerprint density at radius 2 is 2.10 bits per heavy atom. The average Bonchev–Trinajstić information content (AvgIpc) is 1.56. The molecule has 3 nitrogen and oxygen atoms in total. The Bertz CT molecular complexity index is 198. The van der Waals surface area contributed by atoms with E-state index in [1.807, 2.05) is 0 Å². The lowest BCUT2D eigenvalue weighted by Gasteiger charge is -2.26. The molecule has 0 aliphatic carbocycles. The van der Waals surface area contributed by atoms with Crippen molar-refractivity contribution in [1.82, 2.24) is 5.32 Å². The summed E-state index contributed by atoms with van der Waals surface area (Å²) in [5, 5.41) is 2.98. The molecule has 0 atom stereocenters. The van der Waals surface area contributed by atoms with Gasteiger partial charge in [0, 0.05) is 0 Å². The summed E-state index contributed by atoms with van der Waals surface area (Å²) in [6.07, 6.45) is 0.450. The molecule has 0 spiro atoms. The molecule has 0 bridgehead atoms. The van der Waals surface area contributed by atoms with Crippen LogP contribution in [0.3, 0.4) is 0 Å². The van der Waals surface area contributed by atoms with Gasteiger partial charge in [-0.25, -0.2) is 0 Å². The maximum Gasteiger partial charge on any atom is 0.302 e. The molecule has 0 saturated carbocycles. The van der Waals surface area contributed by atoms with Crippen LogP contribution in [0.1, 0.15) is 6.42 Å². The van der Waals surface area contributed by atoms with Crippen LogP contribution in [0.4, 0.5) is 3.89 Å². The summed E-state index contributed by atoms with van der Waals surface area (Å²) in [4.78, 5) is 0. The van der Waals surface area contributed by atoms with Crippen LogP contribution in [0.25, 0.3) is 0 Å². The topological polar surface area (TPSA) is 46.2 Å². The number of hydrogen-bond acceptors (Lipinski definition) is 3. The Labute approximate surface area is 59.8 Å². The Morgan fingerprint density at radius 3 is 2.40 bits per heavy atom. The molecule has 1 rings (SSSR count). The van der Waals surface area contributed by atoms with Gasteiger partial charge >= 0.3 is 10.2 Å². The molecular formula is C5H10FNO2S. The summed E-state index contributed by atoms with van der Waals surface area (Å²) in [5.74, 6) is 0.0461. The van der Waals surface area contributed by atoms with Crippen LogP contribution in [0, 0.1) is 5.92 Å². The van der Waals surface area contributed by atoms with Crippen molar-refractivity contribution in [3.05, 3.63) is 0 Å². The fourth-order valence-corrected chi connectivity index (χ4v) is 1.47. The van der Waals surface area contributed by atoms with Crippen LogP contribution in [-0.2, 0) is 10.2 Å². The normalized spacial score (nSPS) is 20.5. The van der Waals surface area contributed by atoms with E-state index in [1.165, 1.54) is 0 Å². The standard InChI is InChI=1S/C5H10FNO2S/c6-10(8,9)2-1-5-3-7-4-5/h5,7H,1-4H2. The molecule has 60 valence electrons. The predicted octanol–water partition coefficient (Wildman–Crippen LogP) is -0.105. The Kier molecular flexibility index (Phi) is 2.25. The lowest BCUT2D eigenvalue weighted by atomic mass is 10.0. The van der Waals surface area contributed by atoms with Gasteiger partial charge in [0.25, 0.3) is 0 Å². The summed E-state index contributed by atoms with van der Waals surface area (Å²) < 4.78 is 31.8. The van der Waals surface area contributed by atoms with Crippen molar-refractivity contribution in [2.24, 2.45) is 5.92 Å². The number of halogens is 1. The van der Waals surface area contributed by atoms with Gasteiger partial charge in [0.15, 0.2) is 0 Å². The van der Waals surface area contributed by atoms with Gasteiger partial charge in [0.2, 0.25) is 0 Å². The van der Waals surface area contributed by atoms with Gasteiger partial charge in [0.1, 0.15) is 0 Å². The van der Waals surface area contributed by atoms with Crippen molar-refractivity contribution < 1.29 is 12.3 Å². The lowest BCUT2D eigenvalue weighted by molar-refractivity contribution is 0.338. The zero-order chi connectivity index (χ0) is 7.61. The summed E-state index contributed by atoms with van der Waals surface area (Å²) >= 11 is 0. The van der Waals surface area contributed by atoms with Crippen LogP contribution in [0.15, 0.2) is 0 Å². The molecule has 1 fully saturated rings. The number of rotatable bonds is 3. The number of nitrogens with one attached hydrogen (secondary N) is 1. The minimum absolute atomic E-state index is 0.320. The molecule has 1 aliphatic heterocycles. The van der Waals surface area contributed by atoms with Gasteiger partial charge < -0.3 is 5.32 Å². The molecule has 1 N–H and O–H groups in total. The maximum absolute atomic E-state index is 11.9. The summed E-state index contributed by atoms with van der Waals surface area (Å²) in [5.41, 5.74) is 0. The van der Waals surface area contributed by atoms with E-state index in [0.717, 1.165) is 13.1 Å². The molecule has 1 aliphatic rings. The first-order chi connectivity index (χ1) is 4.58. The molecule has 10 heavy (non-hydrogen) atoms. The van der Waals surface area contributed by atoms with E-state index in [0.29, 0.717) is 12.3 Å². The van der Waals surface area contributed by atoms with Gasteiger partial charge in [-0.1, -0.05) is 0 Å².